The fourth-order valence-corrected chi connectivity index (χ4v) is 4.27. The average molecular weight is 580 g/mol. The molecule has 10 heteroatoms. The summed E-state index contributed by atoms with van der Waals surface area (Å²) in [5, 5.41) is 0. The lowest BCUT2D eigenvalue weighted by Crippen LogP contribution is -2.11. The monoisotopic (exact) mass is 580 g/mol. The SMILES string of the molecule is CCOC(F)=C(F)c1ccc(CCc2ccc(-c3ccc(-c4cc(F)c(C(F)(F)F)c(F)c4)c(F)c3)c(F)c2)cc1. The quantitative estimate of drug-likeness (QED) is 0.149. The molecule has 0 heterocycles. The van der Waals surface area contributed by atoms with Gasteiger partial charge in [-0.15, -0.1) is 0 Å². The molecule has 0 aromatic heterocycles. The van der Waals surface area contributed by atoms with Crippen LogP contribution in [0.2, 0.25) is 0 Å². The molecule has 0 bridgehead atoms. The van der Waals surface area contributed by atoms with Crippen LogP contribution in [-0.4, -0.2) is 6.61 Å². The Bertz CT molecular complexity index is 1570. The molecule has 4 rings (SSSR count). The lowest BCUT2D eigenvalue weighted by atomic mass is 9.96. The molecule has 0 aliphatic carbocycles. The van der Waals surface area contributed by atoms with Gasteiger partial charge in [-0.3, -0.25) is 0 Å². The number of benzene rings is 4. The molecule has 0 saturated carbocycles. The number of rotatable bonds is 8. The van der Waals surface area contributed by atoms with Gasteiger partial charge in [-0.05, 0) is 66.3 Å². The van der Waals surface area contributed by atoms with Gasteiger partial charge in [-0.2, -0.15) is 22.0 Å². The maximum atomic E-state index is 14.9. The molecule has 0 radical (unpaired) electrons. The van der Waals surface area contributed by atoms with Gasteiger partial charge in [0.15, 0.2) is 0 Å². The summed E-state index contributed by atoms with van der Waals surface area (Å²) in [5.41, 5.74) is -1.33. The summed E-state index contributed by atoms with van der Waals surface area (Å²) in [4.78, 5) is 0. The van der Waals surface area contributed by atoms with E-state index in [0.717, 1.165) is 17.7 Å². The van der Waals surface area contributed by atoms with Crippen molar-refractivity contribution < 1.29 is 44.3 Å². The molecule has 0 saturated heterocycles. The van der Waals surface area contributed by atoms with Crippen molar-refractivity contribution in [1.29, 1.82) is 0 Å². The Morgan fingerprint density at radius 1 is 0.634 bits per heavy atom. The number of hydrogen-bond acceptors (Lipinski definition) is 1. The van der Waals surface area contributed by atoms with Gasteiger partial charge >= 0.3 is 12.2 Å². The van der Waals surface area contributed by atoms with Gasteiger partial charge in [0.25, 0.3) is 0 Å². The lowest BCUT2D eigenvalue weighted by Gasteiger charge is -2.13. The second-order valence-electron chi connectivity index (χ2n) is 9.04. The summed E-state index contributed by atoms with van der Waals surface area (Å²) >= 11 is 0. The standard InChI is InChI=1S/C31H21F9O/c1-2-41-30(37)29(36)19-8-5-17(6-9-19)3-4-18-7-11-22(24(32)13-18)20-10-12-23(25(33)14-20)21-15-26(34)28(27(35)16-21)31(38,39)40/h5-16H,2-4H2,1H3. The molecule has 4 aromatic rings. The third-order valence-corrected chi connectivity index (χ3v) is 6.30. The first-order valence-corrected chi connectivity index (χ1v) is 12.3. The molecule has 0 aliphatic rings. The first kappa shape index (κ1) is 29.8. The van der Waals surface area contributed by atoms with Crippen LogP contribution >= 0.6 is 0 Å². The molecular weight excluding hydrogens is 559 g/mol. The minimum atomic E-state index is -5.26. The molecule has 41 heavy (non-hydrogen) atoms. The van der Waals surface area contributed by atoms with Crippen molar-refractivity contribution in [1.82, 2.24) is 0 Å². The van der Waals surface area contributed by atoms with Crippen LogP contribution in [0.4, 0.5) is 39.5 Å². The van der Waals surface area contributed by atoms with E-state index in [1.807, 2.05) is 0 Å². The molecule has 0 N–H and O–H groups in total. The maximum absolute atomic E-state index is 14.9. The Labute approximate surface area is 229 Å². The van der Waals surface area contributed by atoms with Crippen molar-refractivity contribution in [2.24, 2.45) is 0 Å². The van der Waals surface area contributed by atoms with Crippen LogP contribution in [0.3, 0.4) is 0 Å². The Hall–Kier alpha value is -4.21. The van der Waals surface area contributed by atoms with Crippen LogP contribution in [0.15, 0.2) is 78.8 Å². The van der Waals surface area contributed by atoms with Gasteiger partial charge in [0.05, 0.1) is 6.61 Å². The number of alkyl halides is 3. The van der Waals surface area contributed by atoms with Crippen molar-refractivity contribution in [3.63, 3.8) is 0 Å². The summed E-state index contributed by atoms with van der Waals surface area (Å²) in [6.07, 6.45) is -4.40. The molecule has 0 atom stereocenters. The van der Waals surface area contributed by atoms with Crippen LogP contribution in [0.1, 0.15) is 29.2 Å². The molecule has 0 spiro atoms. The fraction of sp³-hybridized carbons (Fsp3) is 0.161. The summed E-state index contributed by atoms with van der Waals surface area (Å²) in [6, 6.07) is 13.1. The zero-order valence-electron chi connectivity index (χ0n) is 21.4. The van der Waals surface area contributed by atoms with Gasteiger partial charge < -0.3 is 4.74 Å². The molecule has 214 valence electrons. The topological polar surface area (TPSA) is 9.23 Å². The predicted octanol–water partition coefficient (Wildman–Crippen LogP) is 9.98. The van der Waals surface area contributed by atoms with E-state index in [1.165, 1.54) is 37.3 Å². The second-order valence-corrected chi connectivity index (χ2v) is 9.04. The van der Waals surface area contributed by atoms with Crippen LogP contribution in [0.5, 0.6) is 0 Å². The molecule has 0 unspecified atom stereocenters. The van der Waals surface area contributed by atoms with E-state index in [9.17, 15) is 39.5 Å². The van der Waals surface area contributed by atoms with Crippen molar-refractivity contribution in [2.75, 3.05) is 6.61 Å². The van der Waals surface area contributed by atoms with E-state index in [-0.39, 0.29) is 28.9 Å². The van der Waals surface area contributed by atoms with Crippen molar-refractivity contribution in [2.45, 2.75) is 25.9 Å². The summed E-state index contributed by atoms with van der Waals surface area (Å²) in [7, 11) is 0. The molecule has 4 aromatic carbocycles. The van der Waals surface area contributed by atoms with Crippen molar-refractivity contribution in [3.05, 3.63) is 124 Å². The predicted molar refractivity (Wildman–Crippen MR) is 137 cm³/mol. The smallest absolute Gasteiger partial charge is 0.422 e. The Kier molecular flexibility index (Phi) is 8.80. The lowest BCUT2D eigenvalue weighted by molar-refractivity contribution is -0.142. The summed E-state index contributed by atoms with van der Waals surface area (Å²) in [6.45, 7) is 1.51. The Morgan fingerprint density at radius 3 is 1.71 bits per heavy atom. The van der Waals surface area contributed by atoms with Crippen LogP contribution in [-0.2, 0) is 23.8 Å². The van der Waals surface area contributed by atoms with Crippen molar-refractivity contribution >= 4 is 5.83 Å². The average Bonchev–Trinajstić information content (AvgIpc) is 2.90. The van der Waals surface area contributed by atoms with E-state index >= 15 is 0 Å². The number of aryl methyl sites for hydroxylation is 2. The van der Waals surface area contributed by atoms with E-state index in [4.69, 9.17) is 0 Å². The van der Waals surface area contributed by atoms with E-state index < -0.39 is 52.4 Å². The highest BCUT2D eigenvalue weighted by Gasteiger charge is 2.38. The third kappa shape index (κ3) is 6.75. The summed E-state index contributed by atoms with van der Waals surface area (Å²) < 4.78 is 128. The van der Waals surface area contributed by atoms with E-state index in [0.29, 0.717) is 30.5 Å². The second kappa shape index (κ2) is 12.1. The first-order chi connectivity index (χ1) is 19.4. The minimum absolute atomic E-state index is 0.0157. The largest absolute Gasteiger partial charge is 0.469 e. The molecule has 0 aliphatic heterocycles. The highest BCUT2D eigenvalue weighted by molar-refractivity contribution is 5.72. The number of ether oxygens (including phenoxy) is 1. The molecule has 0 fully saturated rings. The Morgan fingerprint density at radius 2 is 1.15 bits per heavy atom. The fourth-order valence-electron chi connectivity index (χ4n) is 4.27. The van der Waals surface area contributed by atoms with Crippen LogP contribution < -0.4 is 0 Å². The highest BCUT2D eigenvalue weighted by Crippen LogP contribution is 2.37. The zero-order valence-corrected chi connectivity index (χ0v) is 21.4. The Balaban J connectivity index is 1.49. The van der Waals surface area contributed by atoms with Gasteiger partial charge in [-0.1, -0.05) is 48.5 Å². The van der Waals surface area contributed by atoms with E-state index in [2.05, 4.69) is 4.74 Å². The van der Waals surface area contributed by atoms with Crippen LogP contribution in [0.25, 0.3) is 28.1 Å². The number of halogens is 9. The van der Waals surface area contributed by atoms with Gasteiger partial charge in [0.1, 0.15) is 28.8 Å². The molecule has 1 nitrogen and oxygen atoms in total. The van der Waals surface area contributed by atoms with Gasteiger partial charge in [-0.25, -0.2) is 17.6 Å². The summed E-state index contributed by atoms with van der Waals surface area (Å²) in [5.74, 6) is -6.56. The highest BCUT2D eigenvalue weighted by atomic mass is 19.4. The zero-order chi connectivity index (χ0) is 29.9. The minimum Gasteiger partial charge on any atom is -0.469 e. The third-order valence-electron chi connectivity index (χ3n) is 6.30. The molecular formula is C31H21F9O. The maximum Gasteiger partial charge on any atom is 0.422 e. The molecule has 0 amide bonds. The van der Waals surface area contributed by atoms with Crippen LogP contribution in [0, 0.1) is 23.3 Å². The number of hydrogen-bond donors (Lipinski definition) is 0. The normalized spacial score (nSPS) is 12.3. The van der Waals surface area contributed by atoms with Gasteiger partial charge in [0, 0.05) is 16.7 Å². The van der Waals surface area contributed by atoms with Gasteiger partial charge in [0.2, 0.25) is 5.83 Å². The van der Waals surface area contributed by atoms with E-state index in [1.54, 1.807) is 18.2 Å². The van der Waals surface area contributed by atoms with Crippen molar-refractivity contribution in [3.8, 4) is 22.3 Å². The first-order valence-electron chi connectivity index (χ1n) is 12.3.